The molecule has 7 heteroatoms. The SMILES string of the molecule is Cc1nc2ccccc2nc1SCC(=O)Nc1c(C#N)c(C)c(C)n1C1CCCC1. The number of fused-ring (bicyclic) bond motifs is 1. The van der Waals surface area contributed by atoms with Crippen molar-refractivity contribution in [3.8, 4) is 6.07 Å². The van der Waals surface area contributed by atoms with Gasteiger partial charge in [0, 0.05) is 11.7 Å². The number of nitriles is 1. The number of hydrogen-bond acceptors (Lipinski definition) is 5. The molecule has 0 atom stereocenters. The lowest BCUT2D eigenvalue weighted by Crippen LogP contribution is -2.20. The van der Waals surface area contributed by atoms with Gasteiger partial charge < -0.3 is 9.88 Å². The molecule has 0 aliphatic heterocycles. The average Bonchev–Trinajstić information content (AvgIpc) is 3.33. The second-order valence-corrected chi connectivity index (χ2v) is 8.76. The maximum absolute atomic E-state index is 12.8. The van der Waals surface area contributed by atoms with Gasteiger partial charge in [-0.1, -0.05) is 36.7 Å². The number of para-hydroxylation sites is 2. The first-order valence-corrected chi connectivity index (χ1v) is 11.3. The lowest BCUT2D eigenvalue weighted by Gasteiger charge is -2.19. The van der Waals surface area contributed by atoms with E-state index in [1.54, 1.807) is 0 Å². The molecule has 3 aromatic rings. The second kappa shape index (κ2) is 8.49. The summed E-state index contributed by atoms with van der Waals surface area (Å²) in [5.74, 6) is 0.723. The molecule has 6 nitrogen and oxygen atoms in total. The molecule has 1 aliphatic rings. The van der Waals surface area contributed by atoms with Gasteiger partial charge in [-0.2, -0.15) is 5.26 Å². The van der Waals surface area contributed by atoms with Crippen molar-refractivity contribution in [1.29, 1.82) is 5.26 Å². The Hall–Kier alpha value is -2.85. The quantitative estimate of drug-likeness (QED) is 0.584. The number of benzene rings is 1. The summed E-state index contributed by atoms with van der Waals surface area (Å²) < 4.78 is 2.17. The molecule has 1 aliphatic carbocycles. The van der Waals surface area contributed by atoms with Gasteiger partial charge in [0.2, 0.25) is 5.91 Å². The van der Waals surface area contributed by atoms with E-state index in [0.717, 1.165) is 45.9 Å². The minimum atomic E-state index is -0.136. The number of thioether (sulfide) groups is 1. The van der Waals surface area contributed by atoms with E-state index >= 15 is 0 Å². The average molecular weight is 420 g/mol. The lowest BCUT2D eigenvalue weighted by molar-refractivity contribution is -0.113. The maximum Gasteiger partial charge on any atom is 0.235 e. The Kier molecular flexibility index (Phi) is 5.78. The Morgan fingerprint density at radius 1 is 1.20 bits per heavy atom. The van der Waals surface area contributed by atoms with Crippen LogP contribution in [0.3, 0.4) is 0 Å². The molecule has 1 fully saturated rings. The predicted molar refractivity (Wildman–Crippen MR) is 120 cm³/mol. The molecule has 1 saturated carbocycles. The van der Waals surface area contributed by atoms with E-state index in [1.165, 1.54) is 24.6 Å². The fourth-order valence-corrected chi connectivity index (χ4v) is 4.97. The highest BCUT2D eigenvalue weighted by molar-refractivity contribution is 8.00. The molecule has 0 unspecified atom stereocenters. The number of hydrogen-bond donors (Lipinski definition) is 1. The largest absolute Gasteiger partial charge is 0.327 e. The molecule has 0 radical (unpaired) electrons. The van der Waals surface area contributed by atoms with Crippen molar-refractivity contribution < 1.29 is 4.79 Å². The summed E-state index contributed by atoms with van der Waals surface area (Å²) in [5.41, 5.74) is 5.06. The van der Waals surface area contributed by atoms with Crippen molar-refractivity contribution in [2.24, 2.45) is 0 Å². The molecule has 0 bridgehead atoms. The molecule has 1 aromatic carbocycles. The van der Waals surface area contributed by atoms with Crippen molar-refractivity contribution in [2.45, 2.75) is 57.5 Å². The Morgan fingerprint density at radius 3 is 2.53 bits per heavy atom. The third-order valence-electron chi connectivity index (χ3n) is 5.86. The van der Waals surface area contributed by atoms with Crippen molar-refractivity contribution in [3.05, 3.63) is 46.8 Å². The smallest absolute Gasteiger partial charge is 0.235 e. The number of amides is 1. The molecule has 2 heterocycles. The Balaban J connectivity index is 1.54. The van der Waals surface area contributed by atoms with Crippen LogP contribution in [0.1, 0.15) is 54.2 Å². The summed E-state index contributed by atoms with van der Waals surface area (Å²) >= 11 is 1.37. The fraction of sp³-hybridized carbons (Fsp3) is 0.391. The Bertz CT molecular complexity index is 1150. The molecule has 4 rings (SSSR count). The molecular weight excluding hydrogens is 394 g/mol. The molecule has 2 aromatic heterocycles. The Morgan fingerprint density at radius 2 is 1.87 bits per heavy atom. The van der Waals surface area contributed by atoms with E-state index < -0.39 is 0 Å². The molecule has 0 spiro atoms. The van der Waals surface area contributed by atoms with Gasteiger partial charge >= 0.3 is 0 Å². The number of carbonyl (C=O) groups excluding carboxylic acids is 1. The highest BCUT2D eigenvalue weighted by Gasteiger charge is 2.26. The van der Waals surface area contributed by atoms with Gasteiger partial charge in [-0.05, 0) is 51.3 Å². The van der Waals surface area contributed by atoms with Gasteiger partial charge in [0.05, 0.1) is 28.0 Å². The number of aromatic nitrogens is 3. The fourth-order valence-electron chi connectivity index (χ4n) is 4.22. The van der Waals surface area contributed by atoms with Crippen LogP contribution in [0.2, 0.25) is 0 Å². The van der Waals surface area contributed by atoms with Crippen LogP contribution in [0.5, 0.6) is 0 Å². The predicted octanol–water partition coefficient (Wildman–Crippen LogP) is 5.07. The minimum absolute atomic E-state index is 0.136. The summed E-state index contributed by atoms with van der Waals surface area (Å²) in [5, 5.41) is 13.5. The maximum atomic E-state index is 12.8. The summed E-state index contributed by atoms with van der Waals surface area (Å²) in [6.45, 7) is 5.90. The molecule has 1 amide bonds. The normalized spacial score (nSPS) is 14.2. The van der Waals surface area contributed by atoms with Gasteiger partial charge in [-0.25, -0.2) is 9.97 Å². The van der Waals surface area contributed by atoms with Crippen LogP contribution in [0.15, 0.2) is 29.3 Å². The summed E-state index contributed by atoms with van der Waals surface area (Å²) in [6, 6.07) is 10.4. The monoisotopic (exact) mass is 419 g/mol. The Labute approximate surface area is 180 Å². The number of rotatable bonds is 5. The van der Waals surface area contributed by atoms with Gasteiger partial charge in [0.1, 0.15) is 16.9 Å². The molecular formula is C23H25N5OS. The zero-order valence-electron chi connectivity index (χ0n) is 17.5. The molecule has 30 heavy (non-hydrogen) atoms. The number of anilines is 1. The van der Waals surface area contributed by atoms with Crippen LogP contribution in [0.25, 0.3) is 11.0 Å². The van der Waals surface area contributed by atoms with Crippen molar-refractivity contribution >= 4 is 34.5 Å². The lowest BCUT2D eigenvalue weighted by atomic mass is 10.2. The number of carbonyl (C=O) groups is 1. The first kappa shape index (κ1) is 20.4. The van der Waals surface area contributed by atoms with Crippen LogP contribution in [-0.2, 0) is 4.79 Å². The van der Waals surface area contributed by atoms with Gasteiger partial charge in [-0.3, -0.25) is 4.79 Å². The van der Waals surface area contributed by atoms with E-state index in [9.17, 15) is 10.1 Å². The minimum Gasteiger partial charge on any atom is -0.327 e. The first-order valence-electron chi connectivity index (χ1n) is 10.3. The summed E-state index contributed by atoms with van der Waals surface area (Å²) in [4.78, 5) is 22.0. The molecule has 1 N–H and O–H groups in total. The highest BCUT2D eigenvalue weighted by Crippen LogP contribution is 2.37. The summed E-state index contributed by atoms with van der Waals surface area (Å²) in [7, 11) is 0. The second-order valence-electron chi connectivity index (χ2n) is 7.79. The van der Waals surface area contributed by atoms with E-state index in [1.807, 2.05) is 45.0 Å². The zero-order chi connectivity index (χ0) is 21.3. The van der Waals surface area contributed by atoms with Crippen LogP contribution < -0.4 is 5.32 Å². The zero-order valence-corrected chi connectivity index (χ0v) is 18.3. The van der Waals surface area contributed by atoms with Crippen LogP contribution in [0, 0.1) is 32.1 Å². The van der Waals surface area contributed by atoms with E-state index in [2.05, 4.69) is 25.9 Å². The molecule has 0 saturated heterocycles. The number of nitrogens with zero attached hydrogens (tertiary/aromatic N) is 4. The third-order valence-corrected chi connectivity index (χ3v) is 6.92. The van der Waals surface area contributed by atoms with E-state index in [-0.39, 0.29) is 11.7 Å². The standard InChI is InChI=1S/C23H25N5OS/c1-14-16(3)28(17-8-4-5-9-17)22(18(14)12-24)27-21(29)13-30-23-15(2)25-19-10-6-7-11-20(19)26-23/h6-7,10-11,17H,4-5,8-9,13H2,1-3H3,(H,27,29). The van der Waals surface area contributed by atoms with Crippen molar-refractivity contribution in [3.63, 3.8) is 0 Å². The highest BCUT2D eigenvalue weighted by atomic mass is 32.2. The van der Waals surface area contributed by atoms with Crippen molar-refractivity contribution in [2.75, 3.05) is 11.1 Å². The third kappa shape index (κ3) is 3.80. The van der Waals surface area contributed by atoms with Crippen LogP contribution in [0.4, 0.5) is 5.82 Å². The summed E-state index contributed by atoms with van der Waals surface area (Å²) in [6.07, 6.45) is 4.55. The number of nitrogens with one attached hydrogen (secondary N) is 1. The van der Waals surface area contributed by atoms with Gasteiger partial charge in [0.15, 0.2) is 0 Å². The van der Waals surface area contributed by atoms with Gasteiger partial charge in [-0.15, -0.1) is 0 Å². The van der Waals surface area contributed by atoms with Gasteiger partial charge in [0.25, 0.3) is 0 Å². The van der Waals surface area contributed by atoms with E-state index in [0.29, 0.717) is 17.4 Å². The van der Waals surface area contributed by atoms with Crippen LogP contribution in [-0.4, -0.2) is 26.2 Å². The number of aryl methyl sites for hydroxylation is 1. The topological polar surface area (TPSA) is 83.6 Å². The van der Waals surface area contributed by atoms with Crippen molar-refractivity contribution in [1.82, 2.24) is 14.5 Å². The van der Waals surface area contributed by atoms with Crippen LogP contribution >= 0.6 is 11.8 Å². The molecule has 154 valence electrons. The first-order chi connectivity index (χ1) is 14.5. The van der Waals surface area contributed by atoms with E-state index in [4.69, 9.17) is 0 Å².